The van der Waals surface area contributed by atoms with Gasteiger partial charge in [0.25, 0.3) is 0 Å². The van der Waals surface area contributed by atoms with E-state index in [1.807, 2.05) is 0 Å². The first-order chi connectivity index (χ1) is 9.04. The first kappa shape index (κ1) is 16.6. The Morgan fingerprint density at radius 3 is 2.11 bits per heavy atom. The van der Waals surface area contributed by atoms with E-state index in [0.717, 1.165) is 5.56 Å². The van der Waals surface area contributed by atoms with Gasteiger partial charge in [-0.2, -0.15) is 0 Å². The van der Waals surface area contributed by atoms with Crippen molar-refractivity contribution in [3.8, 4) is 0 Å². The van der Waals surface area contributed by atoms with Gasteiger partial charge in [0.15, 0.2) is 5.78 Å². The molecule has 1 rings (SSSR count). The van der Waals surface area contributed by atoms with Crippen LogP contribution in [0.25, 0.3) is 0 Å². The largest absolute Gasteiger partial charge is 0.335 e. The van der Waals surface area contributed by atoms with E-state index >= 15 is 0 Å². The highest BCUT2D eigenvalue weighted by Gasteiger charge is 2.23. The summed E-state index contributed by atoms with van der Waals surface area (Å²) in [7, 11) is -3.08. The van der Waals surface area contributed by atoms with E-state index < -0.39 is 7.60 Å². The number of carbonyl (C=O) groups excluding carboxylic acids is 1. The average molecular weight is 349 g/mol. The predicted molar refractivity (Wildman–Crippen MR) is 79.1 cm³/mol. The zero-order chi connectivity index (χ0) is 14.3. The number of rotatable bonds is 8. The summed E-state index contributed by atoms with van der Waals surface area (Å²) < 4.78 is 22.8. The number of hydrogen-bond acceptors (Lipinski definition) is 4. The lowest BCUT2D eigenvalue weighted by Crippen LogP contribution is -2.01. The van der Waals surface area contributed by atoms with Crippen molar-refractivity contribution in [2.24, 2.45) is 0 Å². The van der Waals surface area contributed by atoms with E-state index in [1.165, 1.54) is 0 Å². The standard InChI is InChI=1S/C13H18BrO4P/c1-3-17-19(16,18-4-2)10-11-5-7-12(8-6-11)13(15)9-14/h5-8H,3-4,9-10H2,1-2H3. The molecule has 19 heavy (non-hydrogen) atoms. The lowest BCUT2D eigenvalue weighted by atomic mass is 10.1. The maximum absolute atomic E-state index is 12.3. The molecule has 1 aromatic carbocycles. The topological polar surface area (TPSA) is 52.6 Å². The Morgan fingerprint density at radius 2 is 1.68 bits per heavy atom. The first-order valence-electron chi connectivity index (χ1n) is 6.11. The maximum atomic E-state index is 12.3. The molecule has 6 heteroatoms. The van der Waals surface area contributed by atoms with Crippen LogP contribution in [-0.2, 0) is 19.8 Å². The summed E-state index contributed by atoms with van der Waals surface area (Å²) in [5.41, 5.74) is 1.46. The van der Waals surface area contributed by atoms with E-state index in [4.69, 9.17) is 9.05 Å². The van der Waals surface area contributed by atoms with E-state index in [2.05, 4.69) is 15.9 Å². The van der Waals surface area contributed by atoms with Crippen LogP contribution in [0, 0.1) is 0 Å². The van der Waals surface area contributed by atoms with Gasteiger partial charge in [0.2, 0.25) is 0 Å². The fourth-order valence-electron chi connectivity index (χ4n) is 1.62. The molecule has 0 unspecified atom stereocenters. The second kappa shape index (κ2) is 7.95. The van der Waals surface area contributed by atoms with E-state index in [1.54, 1.807) is 38.1 Å². The molecule has 0 saturated carbocycles. The van der Waals surface area contributed by atoms with Gasteiger partial charge < -0.3 is 9.05 Å². The molecule has 0 atom stereocenters. The van der Waals surface area contributed by atoms with Gasteiger partial charge in [-0.05, 0) is 19.4 Å². The number of benzene rings is 1. The molecule has 0 aromatic heterocycles. The average Bonchev–Trinajstić information content (AvgIpc) is 2.39. The molecule has 0 heterocycles. The highest BCUT2D eigenvalue weighted by molar-refractivity contribution is 9.09. The molecule has 4 nitrogen and oxygen atoms in total. The number of ketones is 1. The SMILES string of the molecule is CCOP(=O)(Cc1ccc(C(=O)CBr)cc1)OCC. The van der Waals surface area contributed by atoms with Crippen molar-refractivity contribution < 1.29 is 18.4 Å². The molecule has 0 bridgehead atoms. The molecule has 0 aliphatic rings. The van der Waals surface area contributed by atoms with Crippen LogP contribution < -0.4 is 0 Å². The number of hydrogen-bond donors (Lipinski definition) is 0. The lowest BCUT2D eigenvalue weighted by Gasteiger charge is -2.17. The smallest absolute Gasteiger partial charge is 0.309 e. The Morgan fingerprint density at radius 1 is 1.16 bits per heavy atom. The Labute approximate surface area is 122 Å². The molecule has 0 amide bonds. The lowest BCUT2D eigenvalue weighted by molar-refractivity contribution is 0.102. The third-order valence-electron chi connectivity index (χ3n) is 2.43. The van der Waals surface area contributed by atoms with Crippen molar-refractivity contribution in [2.75, 3.05) is 18.5 Å². The molecular formula is C13H18BrO4P. The predicted octanol–water partition coefficient (Wildman–Crippen LogP) is 4.03. The summed E-state index contributed by atoms with van der Waals surface area (Å²) in [6.07, 6.45) is 0.220. The van der Waals surface area contributed by atoms with E-state index in [-0.39, 0.29) is 11.9 Å². The molecule has 0 N–H and O–H groups in total. The van der Waals surface area contributed by atoms with Crippen LogP contribution in [0.4, 0.5) is 0 Å². The summed E-state index contributed by atoms with van der Waals surface area (Å²) in [5.74, 6) is 0.0179. The van der Waals surface area contributed by atoms with Crippen LogP contribution in [0.3, 0.4) is 0 Å². The molecule has 0 saturated heterocycles. The van der Waals surface area contributed by atoms with Crippen LogP contribution in [0.1, 0.15) is 29.8 Å². The third kappa shape index (κ3) is 5.19. The summed E-state index contributed by atoms with van der Waals surface area (Å²) in [6, 6.07) is 7.00. The summed E-state index contributed by atoms with van der Waals surface area (Å²) in [5, 5.41) is 0.294. The second-order valence-corrected chi connectivity index (χ2v) is 6.47. The van der Waals surface area contributed by atoms with E-state index in [0.29, 0.717) is 24.1 Å². The molecule has 0 radical (unpaired) electrons. The highest BCUT2D eigenvalue weighted by Crippen LogP contribution is 2.51. The zero-order valence-corrected chi connectivity index (χ0v) is 13.6. The van der Waals surface area contributed by atoms with Gasteiger partial charge in [-0.3, -0.25) is 9.36 Å². The zero-order valence-electron chi connectivity index (χ0n) is 11.1. The second-order valence-electron chi connectivity index (χ2n) is 3.86. The van der Waals surface area contributed by atoms with Crippen LogP contribution >= 0.6 is 23.5 Å². The number of alkyl halides is 1. The quantitative estimate of drug-likeness (QED) is 0.404. The van der Waals surface area contributed by atoms with Crippen molar-refractivity contribution in [2.45, 2.75) is 20.0 Å². The minimum atomic E-state index is -3.08. The maximum Gasteiger partial charge on any atom is 0.335 e. The third-order valence-corrected chi connectivity index (χ3v) is 4.99. The van der Waals surface area contributed by atoms with Crippen LogP contribution in [0.5, 0.6) is 0 Å². The number of Topliss-reactive ketones (excluding diaryl/α,β-unsaturated/α-hetero) is 1. The summed E-state index contributed by atoms with van der Waals surface area (Å²) in [4.78, 5) is 11.5. The van der Waals surface area contributed by atoms with Crippen molar-refractivity contribution in [3.05, 3.63) is 35.4 Å². The van der Waals surface area contributed by atoms with Crippen LogP contribution in [-0.4, -0.2) is 24.3 Å². The van der Waals surface area contributed by atoms with E-state index in [9.17, 15) is 9.36 Å². The van der Waals surface area contributed by atoms with Gasteiger partial charge in [0.1, 0.15) is 0 Å². The monoisotopic (exact) mass is 348 g/mol. The first-order valence-corrected chi connectivity index (χ1v) is 8.95. The molecule has 0 aliphatic heterocycles. The van der Waals surface area contributed by atoms with Crippen molar-refractivity contribution in [1.82, 2.24) is 0 Å². The van der Waals surface area contributed by atoms with Crippen LogP contribution in [0.2, 0.25) is 0 Å². The Hall–Kier alpha value is -0.480. The summed E-state index contributed by atoms with van der Waals surface area (Å²) in [6.45, 7) is 4.25. The van der Waals surface area contributed by atoms with Crippen molar-refractivity contribution >= 4 is 29.3 Å². The minimum absolute atomic E-state index is 0.0179. The fourth-order valence-corrected chi connectivity index (χ4v) is 3.64. The fraction of sp³-hybridized carbons (Fsp3) is 0.462. The molecular weight excluding hydrogens is 331 g/mol. The molecule has 0 spiro atoms. The van der Waals surface area contributed by atoms with Gasteiger partial charge in [0.05, 0.1) is 24.7 Å². The van der Waals surface area contributed by atoms with Gasteiger partial charge >= 0.3 is 7.60 Å². The minimum Gasteiger partial charge on any atom is -0.309 e. The molecule has 0 fully saturated rings. The van der Waals surface area contributed by atoms with Gasteiger partial charge in [-0.1, -0.05) is 40.2 Å². The summed E-state index contributed by atoms with van der Waals surface area (Å²) >= 11 is 3.13. The number of halogens is 1. The highest BCUT2D eigenvalue weighted by atomic mass is 79.9. The normalized spacial score (nSPS) is 11.5. The van der Waals surface area contributed by atoms with Gasteiger partial charge in [-0.25, -0.2) is 0 Å². The number of carbonyl (C=O) groups is 1. The van der Waals surface area contributed by atoms with Crippen molar-refractivity contribution in [3.63, 3.8) is 0 Å². The van der Waals surface area contributed by atoms with Gasteiger partial charge in [0, 0.05) is 5.56 Å². The Balaban J connectivity index is 2.80. The molecule has 0 aliphatic carbocycles. The molecule has 106 valence electrons. The van der Waals surface area contributed by atoms with Crippen molar-refractivity contribution in [1.29, 1.82) is 0 Å². The molecule has 1 aromatic rings. The Kier molecular flexibility index (Phi) is 6.94. The van der Waals surface area contributed by atoms with Gasteiger partial charge in [-0.15, -0.1) is 0 Å². The van der Waals surface area contributed by atoms with Crippen LogP contribution in [0.15, 0.2) is 24.3 Å². The Bertz CT molecular complexity index is 448.